The van der Waals surface area contributed by atoms with Crippen LogP contribution in [0, 0.1) is 31.4 Å². The van der Waals surface area contributed by atoms with Gasteiger partial charge in [0.2, 0.25) is 0 Å². The zero-order valence-corrected chi connectivity index (χ0v) is 14.1. The fraction of sp³-hybridized carbons (Fsp3) is 0.429. The molecule has 0 N–H and O–H groups in total. The van der Waals surface area contributed by atoms with Crippen molar-refractivity contribution in [1.82, 2.24) is 0 Å². The maximum atomic E-state index is 13.7. The molecule has 0 nitrogen and oxygen atoms in total. The molecular weight excluding hydrogens is 290 g/mol. The van der Waals surface area contributed by atoms with Gasteiger partial charge in [-0.2, -0.15) is 0 Å². The predicted octanol–water partition coefficient (Wildman–Crippen LogP) is 6.54. The van der Waals surface area contributed by atoms with Crippen molar-refractivity contribution < 1.29 is 8.78 Å². The van der Waals surface area contributed by atoms with Crippen LogP contribution in [0.3, 0.4) is 0 Å². The van der Waals surface area contributed by atoms with Gasteiger partial charge in [0.1, 0.15) is 0 Å². The Hall–Kier alpha value is -1.70. The van der Waals surface area contributed by atoms with Crippen LogP contribution in [0.1, 0.15) is 55.2 Å². The van der Waals surface area contributed by atoms with Crippen LogP contribution in [0.5, 0.6) is 0 Å². The Labute approximate surface area is 137 Å². The number of halogens is 2. The van der Waals surface area contributed by atoms with E-state index < -0.39 is 11.6 Å². The number of hydrogen-bond acceptors (Lipinski definition) is 0. The minimum atomic E-state index is -0.773. The molecule has 1 fully saturated rings. The SMILES string of the molecule is Cc1cc(C2CCC(C)CC2)ccc1-c1cc(C)c(F)c(F)c1. The van der Waals surface area contributed by atoms with Crippen molar-refractivity contribution in [2.45, 2.75) is 52.4 Å². The van der Waals surface area contributed by atoms with Crippen molar-refractivity contribution in [3.05, 3.63) is 58.7 Å². The van der Waals surface area contributed by atoms with Crippen LogP contribution in [0.4, 0.5) is 8.78 Å². The lowest BCUT2D eigenvalue weighted by molar-refractivity contribution is 0.348. The molecule has 0 radical (unpaired) electrons. The number of rotatable bonds is 2. The second kappa shape index (κ2) is 6.43. The zero-order valence-electron chi connectivity index (χ0n) is 14.1. The molecule has 0 saturated heterocycles. The van der Waals surface area contributed by atoms with Gasteiger partial charge in [-0.05, 0) is 78.5 Å². The maximum absolute atomic E-state index is 13.7. The number of benzene rings is 2. The van der Waals surface area contributed by atoms with Crippen molar-refractivity contribution >= 4 is 0 Å². The smallest absolute Gasteiger partial charge is 0.161 e. The summed E-state index contributed by atoms with van der Waals surface area (Å²) in [5, 5.41) is 0. The second-order valence-corrected chi connectivity index (χ2v) is 7.12. The molecular formula is C21H24F2. The molecule has 0 aliphatic heterocycles. The summed E-state index contributed by atoms with van der Waals surface area (Å²) >= 11 is 0. The lowest BCUT2D eigenvalue weighted by Crippen LogP contribution is -2.11. The highest BCUT2D eigenvalue weighted by Gasteiger charge is 2.20. The topological polar surface area (TPSA) is 0 Å². The van der Waals surface area contributed by atoms with Gasteiger partial charge in [-0.1, -0.05) is 38.0 Å². The quantitative estimate of drug-likeness (QED) is 0.590. The molecule has 122 valence electrons. The highest BCUT2D eigenvalue weighted by molar-refractivity contribution is 5.68. The fourth-order valence-electron chi connectivity index (χ4n) is 3.74. The molecule has 0 amide bonds. The first kappa shape index (κ1) is 16.2. The third-order valence-electron chi connectivity index (χ3n) is 5.26. The van der Waals surface area contributed by atoms with Crippen molar-refractivity contribution in [1.29, 1.82) is 0 Å². The number of aryl methyl sites for hydroxylation is 2. The normalized spacial score (nSPS) is 21.4. The van der Waals surface area contributed by atoms with E-state index in [0.29, 0.717) is 11.5 Å². The van der Waals surface area contributed by atoms with E-state index in [-0.39, 0.29) is 0 Å². The average Bonchev–Trinajstić information content (AvgIpc) is 2.53. The zero-order chi connectivity index (χ0) is 16.6. The molecule has 2 aromatic carbocycles. The molecule has 3 rings (SSSR count). The van der Waals surface area contributed by atoms with Crippen LogP contribution in [0.2, 0.25) is 0 Å². The van der Waals surface area contributed by atoms with Crippen LogP contribution in [0.25, 0.3) is 11.1 Å². The molecule has 0 spiro atoms. The Morgan fingerprint density at radius 3 is 2.17 bits per heavy atom. The molecule has 0 unspecified atom stereocenters. The van der Waals surface area contributed by atoms with Gasteiger partial charge in [0.05, 0.1) is 0 Å². The van der Waals surface area contributed by atoms with Gasteiger partial charge in [0.25, 0.3) is 0 Å². The van der Waals surface area contributed by atoms with Crippen LogP contribution in [0.15, 0.2) is 30.3 Å². The van der Waals surface area contributed by atoms with Crippen molar-refractivity contribution in [3.63, 3.8) is 0 Å². The summed E-state index contributed by atoms with van der Waals surface area (Å²) in [5.41, 5.74) is 4.61. The lowest BCUT2D eigenvalue weighted by atomic mass is 9.79. The first-order valence-corrected chi connectivity index (χ1v) is 8.52. The maximum Gasteiger partial charge on any atom is 0.161 e. The minimum absolute atomic E-state index is 0.352. The Bertz CT molecular complexity index is 687. The van der Waals surface area contributed by atoms with E-state index >= 15 is 0 Å². The fourth-order valence-corrected chi connectivity index (χ4v) is 3.74. The standard InChI is InChI=1S/C21H24F2/c1-13-4-6-16(7-5-13)17-8-9-19(14(2)10-17)18-11-15(3)21(23)20(22)12-18/h8-13,16H,4-7H2,1-3H3. The minimum Gasteiger partial charge on any atom is -0.204 e. The summed E-state index contributed by atoms with van der Waals surface area (Å²) in [5.74, 6) is -0.0356. The van der Waals surface area contributed by atoms with Crippen LogP contribution in [-0.4, -0.2) is 0 Å². The summed E-state index contributed by atoms with van der Waals surface area (Å²) < 4.78 is 27.2. The van der Waals surface area contributed by atoms with E-state index in [2.05, 4.69) is 32.0 Å². The van der Waals surface area contributed by atoms with Gasteiger partial charge in [-0.15, -0.1) is 0 Å². The third kappa shape index (κ3) is 3.31. The van der Waals surface area contributed by atoms with E-state index in [9.17, 15) is 8.78 Å². The molecule has 1 saturated carbocycles. The molecule has 2 aromatic rings. The Morgan fingerprint density at radius 2 is 1.57 bits per heavy atom. The monoisotopic (exact) mass is 314 g/mol. The van der Waals surface area contributed by atoms with E-state index in [0.717, 1.165) is 22.6 Å². The van der Waals surface area contributed by atoms with Gasteiger partial charge in [-0.25, -0.2) is 8.78 Å². The largest absolute Gasteiger partial charge is 0.204 e. The molecule has 23 heavy (non-hydrogen) atoms. The van der Waals surface area contributed by atoms with Crippen LogP contribution >= 0.6 is 0 Å². The molecule has 0 atom stereocenters. The molecule has 2 heteroatoms. The molecule has 1 aliphatic rings. The van der Waals surface area contributed by atoms with Gasteiger partial charge >= 0.3 is 0 Å². The van der Waals surface area contributed by atoms with Gasteiger partial charge < -0.3 is 0 Å². The van der Waals surface area contributed by atoms with Gasteiger partial charge in [0, 0.05) is 0 Å². The van der Waals surface area contributed by atoms with E-state index in [4.69, 9.17) is 0 Å². The molecule has 1 aliphatic carbocycles. The average molecular weight is 314 g/mol. The van der Waals surface area contributed by atoms with E-state index in [1.807, 2.05) is 0 Å². The van der Waals surface area contributed by atoms with Gasteiger partial charge in [-0.3, -0.25) is 0 Å². The van der Waals surface area contributed by atoms with Gasteiger partial charge in [0.15, 0.2) is 11.6 Å². The summed E-state index contributed by atoms with van der Waals surface area (Å²) in [7, 11) is 0. The lowest BCUT2D eigenvalue weighted by Gasteiger charge is -2.27. The molecule has 0 bridgehead atoms. The van der Waals surface area contributed by atoms with Crippen molar-refractivity contribution in [3.8, 4) is 11.1 Å². The van der Waals surface area contributed by atoms with E-state index in [1.165, 1.54) is 37.3 Å². The summed E-state index contributed by atoms with van der Waals surface area (Å²) in [6.45, 7) is 5.99. The van der Waals surface area contributed by atoms with Crippen LogP contribution < -0.4 is 0 Å². The third-order valence-corrected chi connectivity index (χ3v) is 5.26. The highest BCUT2D eigenvalue weighted by Crippen LogP contribution is 2.37. The summed E-state index contributed by atoms with van der Waals surface area (Å²) in [4.78, 5) is 0. The second-order valence-electron chi connectivity index (χ2n) is 7.12. The summed E-state index contributed by atoms with van der Waals surface area (Å²) in [6.07, 6.45) is 5.11. The Balaban J connectivity index is 1.91. The highest BCUT2D eigenvalue weighted by atomic mass is 19.2. The van der Waals surface area contributed by atoms with E-state index in [1.54, 1.807) is 13.0 Å². The molecule has 0 aromatic heterocycles. The number of hydrogen-bond donors (Lipinski definition) is 0. The first-order valence-electron chi connectivity index (χ1n) is 8.52. The Morgan fingerprint density at radius 1 is 0.870 bits per heavy atom. The van der Waals surface area contributed by atoms with Crippen LogP contribution in [-0.2, 0) is 0 Å². The predicted molar refractivity (Wildman–Crippen MR) is 91.6 cm³/mol. The van der Waals surface area contributed by atoms with Crippen molar-refractivity contribution in [2.75, 3.05) is 0 Å². The Kier molecular flexibility index (Phi) is 4.52. The molecule has 0 heterocycles. The summed E-state index contributed by atoms with van der Waals surface area (Å²) in [6, 6.07) is 9.48. The van der Waals surface area contributed by atoms with Crippen molar-refractivity contribution in [2.24, 2.45) is 5.92 Å². The first-order chi connectivity index (χ1) is 11.0.